The lowest BCUT2D eigenvalue weighted by molar-refractivity contribution is -0.378. The van der Waals surface area contributed by atoms with E-state index in [1.807, 2.05) is 20.8 Å². The molecule has 4 saturated heterocycles. The van der Waals surface area contributed by atoms with Crippen molar-refractivity contribution in [3.63, 3.8) is 0 Å². The largest absolute Gasteiger partial charge is 0.394 e. The summed E-state index contributed by atoms with van der Waals surface area (Å²) in [5, 5.41) is 139. The van der Waals surface area contributed by atoms with Gasteiger partial charge in [0.1, 0.15) is 97.8 Å². The highest BCUT2D eigenvalue weighted by molar-refractivity contribution is 5.62. The van der Waals surface area contributed by atoms with E-state index in [0.29, 0.717) is 32.1 Å². The number of aliphatic hydroxyl groups excluding tert-OH is 13. The third kappa shape index (κ3) is 10.5. The summed E-state index contributed by atoms with van der Waals surface area (Å²) in [6.07, 6.45) is -21.1. The van der Waals surface area contributed by atoms with Gasteiger partial charge in [-0.05, 0) is 132 Å². The first-order chi connectivity index (χ1) is 35.7. The number of hydrogen-bond acceptors (Lipinski definition) is 22. The highest BCUT2D eigenvalue weighted by Gasteiger charge is 2.72. The Bertz CT molecular complexity index is 1990. The normalized spacial score (nSPS) is 52.1. The number of carbonyl (C=O) groups is 1. The maximum atomic E-state index is 14.2. The molecule has 29 atom stereocenters. The molecule has 0 spiro atoms. The summed E-state index contributed by atoms with van der Waals surface area (Å²) in [7, 11) is 0. The molecule has 0 radical (unpaired) electrons. The Morgan fingerprint density at radius 3 is 1.79 bits per heavy atom. The predicted octanol–water partition coefficient (Wildman–Crippen LogP) is -0.967. The Morgan fingerprint density at radius 1 is 0.592 bits per heavy atom. The van der Waals surface area contributed by atoms with Crippen LogP contribution in [0.3, 0.4) is 0 Å². The molecule has 8 rings (SSSR count). The summed E-state index contributed by atoms with van der Waals surface area (Å²) in [6, 6.07) is 0. The molecule has 8 fully saturated rings. The fourth-order valence-corrected chi connectivity index (χ4v) is 16.0. The maximum Gasteiger partial charge on any atom is 0.187 e. The smallest absolute Gasteiger partial charge is 0.187 e. The molecule has 0 amide bonds. The minimum absolute atomic E-state index is 0.0295. The van der Waals surface area contributed by atoms with Gasteiger partial charge in [0.2, 0.25) is 0 Å². The monoisotopic (exact) mass is 1090 g/mol. The van der Waals surface area contributed by atoms with Crippen LogP contribution >= 0.6 is 0 Å². The van der Waals surface area contributed by atoms with Crippen LogP contribution in [-0.4, -0.2) is 227 Å². The van der Waals surface area contributed by atoms with Gasteiger partial charge in [0.25, 0.3) is 0 Å². The van der Waals surface area contributed by atoms with Crippen molar-refractivity contribution in [2.24, 2.45) is 45.3 Å². The van der Waals surface area contributed by atoms with E-state index in [0.717, 1.165) is 37.7 Å². The van der Waals surface area contributed by atoms with Crippen molar-refractivity contribution < 1.29 is 109 Å². The second-order valence-corrected chi connectivity index (χ2v) is 25.3. The van der Waals surface area contributed by atoms with Gasteiger partial charge in [-0.25, -0.2) is 0 Å². The average Bonchev–Trinajstić information content (AvgIpc) is 3.90. The number of fused-ring (bicyclic) bond motifs is 5. The van der Waals surface area contributed by atoms with Gasteiger partial charge in [-0.1, -0.05) is 39.3 Å². The molecular formula is C54H90O22. The van der Waals surface area contributed by atoms with Gasteiger partial charge >= 0.3 is 0 Å². The number of ether oxygens (including phenoxy) is 8. The SMILES string of the molecule is CC(C)=CCC[C@](C)(O[C@@H]1O[C@H](CO[C@@H]2O[C@@H](C)[C@H](O)[C@@H](O)[C@H]2O)[C@@H](O)[C@H](O)[C@H]1O)[C@H]1CC[C@]2(C)[C@@H]1CC[C@@H]1[C@]3(C=O)CC[C@@H](O[C@@H]4O[C@H](CO)[C@@H](O)[C@H](O)[C@H]4O[C@@H]4O[C@H](CO)[C@@H](O)[C@H](O)[C@H]4O)C(C)(C)[C@H]3CC[C@]12C. The van der Waals surface area contributed by atoms with Gasteiger partial charge in [0, 0.05) is 5.41 Å². The predicted molar refractivity (Wildman–Crippen MR) is 264 cm³/mol. The molecular weight excluding hydrogens is 1000 g/mol. The molecule has 0 unspecified atom stereocenters. The molecule has 0 aromatic carbocycles. The average molecular weight is 1090 g/mol. The lowest BCUT2D eigenvalue weighted by atomic mass is 9.35. The summed E-state index contributed by atoms with van der Waals surface area (Å²) in [5.74, 6) is -0.171. The zero-order valence-corrected chi connectivity index (χ0v) is 45.3. The molecule has 0 bridgehead atoms. The highest BCUT2D eigenvalue weighted by atomic mass is 16.8. The fourth-order valence-electron chi connectivity index (χ4n) is 16.0. The lowest BCUT2D eigenvalue weighted by Gasteiger charge is -2.69. The second kappa shape index (κ2) is 23.1. The molecule has 22 heteroatoms. The van der Waals surface area contributed by atoms with Crippen molar-refractivity contribution in [2.75, 3.05) is 19.8 Å². The summed E-state index contributed by atoms with van der Waals surface area (Å²) in [6.45, 7) is 14.5. The molecule has 8 aliphatic rings. The Kier molecular flexibility index (Phi) is 18.4. The molecule has 4 saturated carbocycles. The Hall–Kier alpha value is -1.43. The van der Waals surface area contributed by atoms with Crippen LogP contribution in [-0.2, 0) is 42.7 Å². The van der Waals surface area contributed by atoms with Crippen molar-refractivity contribution >= 4 is 6.29 Å². The van der Waals surface area contributed by atoms with Crippen LogP contribution in [0.2, 0.25) is 0 Å². The molecule has 4 aliphatic heterocycles. The van der Waals surface area contributed by atoms with Gasteiger partial charge < -0.3 is 109 Å². The fraction of sp³-hybridized carbons (Fsp3) is 0.944. The summed E-state index contributed by atoms with van der Waals surface area (Å²) >= 11 is 0. The van der Waals surface area contributed by atoms with E-state index in [1.165, 1.54) is 13.2 Å². The van der Waals surface area contributed by atoms with E-state index in [4.69, 9.17) is 37.9 Å². The standard InChI is InChI=1S/C54H90O22/c1-24(2)10-9-16-53(8,76-48-44(68)40(64)37(61)30(73-48)22-69-46-42(66)38(62)34(58)25(3)70-46)27-13-17-51(6)26(27)11-12-32-52(51,7)18-14-31-50(4,5)33(15-19-54(31,32)23-57)74-49-45(41(65)36(60)29(21-56)72-49)75-47-43(67)39(63)35(59)28(20-55)71-47/h10,23,25-49,55-56,58-68H,9,11-22H2,1-8H3/t25-,26+,27-,28+,29+,30+,31+,32-,33+,34-,35+,36+,37+,38+,39-,40-,41-,42+,43+,44+,45+,46+,47-,48-,49-,51+,52+,53-,54-/m0/s1. The molecule has 76 heavy (non-hydrogen) atoms. The topological polar surface area (TPSA) is 354 Å². The third-order valence-corrected chi connectivity index (χ3v) is 20.7. The van der Waals surface area contributed by atoms with Crippen molar-refractivity contribution in [1.82, 2.24) is 0 Å². The first-order valence-electron chi connectivity index (χ1n) is 27.7. The van der Waals surface area contributed by atoms with Crippen molar-refractivity contribution in [1.29, 1.82) is 0 Å². The Morgan fingerprint density at radius 2 is 1.16 bits per heavy atom. The van der Waals surface area contributed by atoms with E-state index >= 15 is 0 Å². The van der Waals surface area contributed by atoms with E-state index in [1.54, 1.807) is 0 Å². The summed E-state index contributed by atoms with van der Waals surface area (Å²) in [5.41, 5.74) is -1.89. The number of hydrogen-bond donors (Lipinski definition) is 13. The molecule has 0 aromatic heterocycles. The van der Waals surface area contributed by atoms with Crippen molar-refractivity contribution in [2.45, 2.75) is 254 Å². The van der Waals surface area contributed by atoms with E-state index in [9.17, 15) is 71.2 Å². The highest BCUT2D eigenvalue weighted by Crippen LogP contribution is 2.76. The lowest BCUT2D eigenvalue weighted by Crippen LogP contribution is -2.67. The molecule has 438 valence electrons. The number of allylic oxidation sites excluding steroid dienone is 2. The minimum Gasteiger partial charge on any atom is -0.394 e. The van der Waals surface area contributed by atoms with Crippen LogP contribution in [0, 0.1) is 45.3 Å². The molecule has 4 heterocycles. The van der Waals surface area contributed by atoms with E-state index in [-0.39, 0.29) is 34.5 Å². The van der Waals surface area contributed by atoms with Gasteiger partial charge in [0.05, 0.1) is 37.6 Å². The number of aliphatic hydroxyl groups is 13. The van der Waals surface area contributed by atoms with Crippen molar-refractivity contribution in [3.05, 3.63) is 11.6 Å². The number of carbonyl (C=O) groups excluding carboxylic acids is 1. The minimum atomic E-state index is -1.83. The van der Waals surface area contributed by atoms with Gasteiger partial charge in [0.15, 0.2) is 25.2 Å². The van der Waals surface area contributed by atoms with Crippen LogP contribution < -0.4 is 0 Å². The quantitative estimate of drug-likeness (QED) is 0.0503. The summed E-state index contributed by atoms with van der Waals surface area (Å²) < 4.78 is 49.1. The Balaban J connectivity index is 1.01. The van der Waals surface area contributed by atoms with Crippen LogP contribution in [0.15, 0.2) is 11.6 Å². The van der Waals surface area contributed by atoms with Crippen LogP contribution in [0.25, 0.3) is 0 Å². The van der Waals surface area contributed by atoms with Crippen LogP contribution in [0.5, 0.6) is 0 Å². The van der Waals surface area contributed by atoms with E-state index in [2.05, 4.69) is 33.8 Å². The van der Waals surface area contributed by atoms with Crippen LogP contribution in [0.4, 0.5) is 0 Å². The molecule has 22 nitrogen and oxygen atoms in total. The maximum absolute atomic E-state index is 14.2. The zero-order valence-electron chi connectivity index (χ0n) is 45.3. The van der Waals surface area contributed by atoms with Crippen molar-refractivity contribution in [3.8, 4) is 0 Å². The number of aldehydes is 1. The Labute approximate surface area is 445 Å². The first kappa shape index (κ1) is 60.7. The van der Waals surface area contributed by atoms with Gasteiger partial charge in [-0.15, -0.1) is 0 Å². The second-order valence-electron chi connectivity index (χ2n) is 25.3. The number of rotatable bonds is 16. The van der Waals surface area contributed by atoms with Gasteiger partial charge in [-0.2, -0.15) is 0 Å². The molecule has 4 aliphatic carbocycles. The van der Waals surface area contributed by atoms with E-state index < -0.39 is 165 Å². The van der Waals surface area contributed by atoms with Crippen LogP contribution in [0.1, 0.15) is 120 Å². The zero-order chi connectivity index (χ0) is 55.8. The van der Waals surface area contributed by atoms with Gasteiger partial charge in [-0.3, -0.25) is 0 Å². The molecule has 0 aromatic rings. The summed E-state index contributed by atoms with van der Waals surface area (Å²) in [4.78, 5) is 14.2. The molecule has 13 N–H and O–H groups in total. The first-order valence-corrected chi connectivity index (χ1v) is 27.7. The third-order valence-electron chi connectivity index (χ3n) is 20.7.